The molecule has 0 aliphatic heterocycles. The van der Waals surface area contributed by atoms with Crippen molar-refractivity contribution in [2.45, 2.75) is 39.0 Å². The van der Waals surface area contributed by atoms with E-state index in [0.717, 1.165) is 11.3 Å². The van der Waals surface area contributed by atoms with Crippen LogP contribution in [0.3, 0.4) is 0 Å². The van der Waals surface area contributed by atoms with Crippen molar-refractivity contribution >= 4 is 24.2 Å². The summed E-state index contributed by atoms with van der Waals surface area (Å²) in [7, 11) is 0. The van der Waals surface area contributed by atoms with Gasteiger partial charge in [0.2, 0.25) is 12.3 Å². The molecule has 9 nitrogen and oxygen atoms in total. The highest BCUT2D eigenvalue weighted by molar-refractivity contribution is 5.94. The molecule has 0 bridgehead atoms. The van der Waals surface area contributed by atoms with E-state index in [2.05, 4.69) is 5.32 Å². The van der Waals surface area contributed by atoms with Gasteiger partial charge < -0.3 is 19.9 Å². The van der Waals surface area contributed by atoms with Crippen molar-refractivity contribution in [1.82, 2.24) is 10.2 Å². The summed E-state index contributed by atoms with van der Waals surface area (Å²) in [6.45, 7) is 3.62. The second-order valence-corrected chi connectivity index (χ2v) is 5.67. The molecule has 0 saturated carbocycles. The van der Waals surface area contributed by atoms with E-state index >= 15 is 0 Å². The smallest absolute Gasteiger partial charge is 0.305 e. The maximum Gasteiger partial charge on any atom is 0.305 e. The van der Waals surface area contributed by atoms with Crippen molar-refractivity contribution in [3.63, 3.8) is 0 Å². The molecule has 9 heteroatoms. The SMILES string of the molecule is C/C=C\C(=O)N(C=O)CCCCCC(=O)NCCOCCOCCC(=O)O. The van der Waals surface area contributed by atoms with E-state index in [9.17, 15) is 19.2 Å². The van der Waals surface area contributed by atoms with Crippen LogP contribution >= 0.6 is 0 Å². The quantitative estimate of drug-likeness (QED) is 0.215. The maximum absolute atomic E-state index is 11.7. The number of carbonyl (C=O) groups excluding carboxylic acids is 3. The van der Waals surface area contributed by atoms with Crippen molar-refractivity contribution in [2.75, 3.05) is 39.5 Å². The van der Waals surface area contributed by atoms with Crippen LogP contribution in [0, 0.1) is 0 Å². The van der Waals surface area contributed by atoms with Crippen LogP contribution in [0.15, 0.2) is 12.2 Å². The molecule has 0 saturated heterocycles. The Bertz CT molecular complexity index is 480. The zero-order valence-corrected chi connectivity index (χ0v) is 15.9. The average molecular weight is 386 g/mol. The molecule has 0 spiro atoms. The lowest BCUT2D eigenvalue weighted by Crippen LogP contribution is -2.29. The molecule has 0 aliphatic carbocycles. The molecule has 0 heterocycles. The first kappa shape index (κ1) is 24.7. The second kappa shape index (κ2) is 17.2. The molecule has 0 aromatic carbocycles. The van der Waals surface area contributed by atoms with Gasteiger partial charge in [-0.1, -0.05) is 12.5 Å². The van der Waals surface area contributed by atoms with E-state index in [-0.39, 0.29) is 24.8 Å². The number of carbonyl (C=O) groups is 4. The van der Waals surface area contributed by atoms with E-state index in [1.807, 2.05) is 0 Å². The summed E-state index contributed by atoms with van der Waals surface area (Å²) in [6.07, 6.45) is 5.86. The first-order valence-corrected chi connectivity index (χ1v) is 9.03. The normalized spacial score (nSPS) is 10.7. The fourth-order valence-electron chi connectivity index (χ4n) is 2.03. The first-order chi connectivity index (χ1) is 13.0. The standard InChI is InChI=1S/C18H30N2O7/c1-2-6-17(23)20(15-21)10-5-3-4-7-16(22)19-9-12-27-14-13-26-11-8-18(24)25/h2,6,15H,3-5,7-14H2,1H3,(H,19,22)(H,24,25)/b6-2-. The van der Waals surface area contributed by atoms with Crippen LogP contribution in [0.25, 0.3) is 0 Å². The van der Waals surface area contributed by atoms with Crippen molar-refractivity contribution in [2.24, 2.45) is 0 Å². The van der Waals surface area contributed by atoms with Crippen LogP contribution in [0.2, 0.25) is 0 Å². The molecule has 0 rings (SSSR count). The van der Waals surface area contributed by atoms with Gasteiger partial charge in [0.15, 0.2) is 0 Å². The highest BCUT2D eigenvalue weighted by Gasteiger charge is 2.08. The van der Waals surface area contributed by atoms with Gasteiger partial charge in [0, 0.05) is 19.5 Å². The van der Waals surface area contributed by atoms with Crippen LogP contribution in [0.5, 0.6) is 0 Å². The number of allylic oxidation sites excluding steroid dienone is 1. The van der Waals surface area contributed by atoms with Crippen molar-refractivity contribution in [3.8, 4) is 0 Å². The molecule has 0 radical (unpaired) electrons. The van der Waals surface area contributed by atoms with Crippen LogP contribution in [0.4, 0.5) is 0 Å². The molecule has 0 aromatic heterocycles. The van der Waals surface area contributed by atoms with E-state index in [0.29, 0.717) is 58.6 Å². The van der Waals surface area contributed by atoms with Crippen molar-refractivity contribution < 1.29 is 33.8 Å². The molecule has 0 unspecified atom stereocenters. The maximum atomic E-state index is 11.7. The largest absolute Gasteiger partial charge is 0.481 e. The number of nitrogens with one attached hydrogen (secondary N) is 1. The molecule has 154 valence electrons. The topological polar surface area (TPSA) is 122 Å². The molecule has 3 amide bonds. The number of nitrogens with zero attached hydrogens (tertiary/aromatic N) is 1. The molecule has 2 N–H and O–H groups in total. The molecule has 0 fully saturated rings. The third kappa shape index (κ3) is 15.7. The molecular formula is C18H30N2O7. The fraction of sp³-hybridized carbons (Fsp3) is 0.667. The summed E-state index contributed by atoms with van der Waals surface area (Å²) in [5.74, 6) is -1.31. The van der Waals surface area contributed by atoms with E-state index in [1.165, 1.54) is 6.08 Å². The van der Waals surface area contributed by atoms with Crippen LogP contribution in [0.1, 0.15) is 39.0 Å². The predicted octanol–water partition coefficient (Wildman–Crippen LogP) is 0.732. The van der Waals surface area contributed by atoms with E-state index in [1.54, 1.807) is 13.0 Å². The van der Waals surface area contributed by atoms with Gasteiger partial charge in [0.05, 0.1) is 32.8 Å². The van der Waals surface area contributed by atoms with Gasteiger partial charge in [0.1, 0.15) is 0 Å². The number of carboxylic acids is 1. The van der Waals surface area contributed by atoms with Gasteiger partial charge in [-0.2, -0.15) is 0 Å². The summed E-state index contributed by atoms with van der Waals surface area (Å²) >= 11 is 0. The summed E-state index contributed by atoms with van der Waals surface area (Å²) in [5.41, 5.74) is 0. The highest BCUT2D eigenvalue weighted by atomic mass is 16.5. The van der Waals surface area contributed by atoms with Gasteiger partial charge in [-0.15, -0.1) is 0 Å². The third-order valence-electron chi connectivity index (χ3n) is 3.42. The minimum Gasteiger partial charge on any atom is -0.481 e. The molecule has 0 aliphatic rings. The van der Waals surface area contributed by atoms with Crippen molar-refractivity contribution in [1.29, 1.82) is 0 Å². The van der Waals surface area contributed by atoms with Crippen LogP contribution in [-0.4, -0.2) is 73.7 Å². The monoisotopic (exact) mass is 386 g/mol. The van der Waals surface area contributed by atoms with Gasteiger partial charge >= 0.3 is 5.97 Å². The van der Waals surface area contributed by atoms with Crippen LogP contribution in [-0.2, 0) is 28.7 Å². The highest BCUT2D eigenvalue weighted by Crippen LogP contribution is 2.02. The Labute approximate surface area is 159 Å². The van der Waals surface area contributed by atoms with Gasteiger partial charge in [0.25, 0.3) is 5.91 Å². The lowest BCUT2D eigenvalue weighted by atomic mass is 10.2. The molecular weight excluding hydrogens is 356 g/mol. The molecule has 0 atom stereocenters. The second-order valence-electron chi connectivity index (χ2n) is 5.67. The van der Waals surface area contributed by atoms with E-state index < -0.39 is 5.97 Å². The minimum atomic E-state index is -0.901. The predicted molar refractivity (Wildman–Crippen MR) is 98.0 cm³/mol. The number of unbranched alkanes of at least 4 members (excludes halogenated alkanes) is 2. The molecule has 27 heavy (non-hydrogen) atoms. The van der Waals surface area contributed by atoms with Crippen molar-refractivity contribution in [3.05, 3.63) is 12.2 Å². The number of carboxylic acid groups (broad SMARTS) is 1. The summed E-state index contributed by atoms with van der Waals surface area (Å²) in [4.78, 5) is 45.4. The summed E-state index contributed by atoms with van der Waals surface area (Å²) in [6, 6.07) is 0. The third-order valence-corrected chi connectivity index (χ3v) is 3.42. The average Bonchev–Trinajstić information content (AvgIpc) is 2.63. The zero-order valence-electron chi connectivity index (χ0n) is 15.9. The first-order valence-electron chi connectivity index (χ1n) is 9.03. The number of rotatable bonds is 17. The van der Waals surface area contributed by atoms with Crippen LogP contribution < -0.4 is 5.32 Å². The Hall–Kier alpha value is -2.26. The lowest BCUT2D eigenvalue weighted by molar-refractivity contribution is -0.138. The Balaban J connectivity index is 3.50. The number of hydrogen-bond acceptors (Lipinski definition) is 6. The number of ether oxygens (including phenoxy) is 2. The molecule has 0 aromatic rings. The number of amides is 3. The summed E-state index contributed by atoms with van der Waals surface area (Å²) < 4.78 is 10.3. The van der Waals surface area contributed by atoms with Gasteiger partial charge in [-0.05, 0) is 25.8 Å². The number of aliphatic carboxylic acids is 1. The number of imide groups is 1. The van der Waals surface area contributed by atoms with E-state index in [4.69, 9.17) is 14.6 Å². The Kier molecular flexibility index (Phi) is 15.7. The Morgan fingerprint density at radius 2 is 1.70 bits per heavy atom. The lowest BCUT2D eigenvalue weighted by Gasteiger charge is -2.12. The fourth-order valence-corrected chi connectivity index (χ4v) is 2.03. The minimum absolute atomic E-state index is 0.0324. The Morgan fingerprint density at radius 1 is 1.00 bits per heavy atom. The summed E-state index contributed by atoms with van der Waals surface area (Å²) in [5, 5.41) is 11.2. The van der Waals surface area contributed by atoms with Gasteiger partial charge in [-0.3, -0.25) is 24.1 Å². The Morgan fingerprint density at radius 3 is 2.33 bits per heavy atom. The number of hydrogen-bond donors (Lipinski definition) is 2. The van der Waals surface area contributed by atoms with Gasteiger partial charge in [-0.25, -0.2) is 0 Å². The zero-order chi connectivity index (χ0) is 20.3.